The summed E-state index contributed by atoms with van der Waals surface area (Å²) in [5.41, 5.74) is 7.72. The highest BCUT2D eigenvalue weighted by Crippen LogP contribution is 2.25. The molecule has 1 aliphatic rings. The molecule has 0 saturated carbocycles. The number of hydrogen-bond donors (Lipinski definition) is 1. The lowest BCUT2D eigenvalue weighted by Gasteiger charge is -2.38. The summed E-state index contributed by atoms with van der Waals surface area (Å²) >= 11 is 0. The lowest BCUT2D eigenvalue weighted by molar-refractivity contribution is 0.115. The van der Waals surface area contributed by atoms with Crippen molar-refractivity contribution >= 4 is 0 Å². The van der Waals surface area contributed by atoms with E-state index >= 15 is 0 Å². The van der Waals surface area contributed by atoms with Crippen LogP contribution in [0.1, 0.15) is 57.6 Å². The number of nitrogens with two attached hydrogens (primary N) is 1. The third kappa shape index (κ3) is 4.07. The van der Waals surface area contributed by atoms with E-state index in [1.807, 2.05) is 0 Å². The fourth-order valence-corrected chi connectivity index (χ4v) is 3.45. The molecule has 112 valence electrons. The topological polar surface area (TPSA) is 29.3 Å². The highest BCUT2D eigenvalue weighted by molar-refractivity contribution is 5.19. The van der Waals surface area contributed by atoms with Crippen LogP contribution in [-0.4, -0.2) is 24.0 Å². The largest absolute Gasteiger partial charge is 0.324 e. The van der Waals surface area contributed by atoms with E-state index in [1.54, 1.807) is 0 Å². The van der Waals surface area contributed by atoms with Gasteiger partial charge >= 0.3 is 0 Å². The van der Waals surface area contributed by atoms with Crippen molar-refractivity contribution in [3.8, 4) is 0 Å². The molecule has 0 spiro atoms. The van der Waals surface area contributed by atoms with E-state index in [2.05, 4.69) is 49.1 Å². The molecule has 1 aromatic rings. The van der Waals surface area contributed by atoms with Crippen LogP contribution in [0.25, 0.3) is 0 Å². The van der Waals surface area contributed by atoms with Gasteiger partial charge in [0.1, 0.15) is 0 Å². The third-order valence-corrected chi connectivity index (χ3v) is 4.69. The van der Waals surface area contributed by atoms with Crippen molar-refractivity contribution in [2.75, 3.05) is 13.1 Å². The van der Waals surface area contributed by atoms with Crippen LogP contribution < -0.4 is 5.73 Å². The monoisotopic (exact) mass is 274 g/mol. The molecule has 1 heterocycles. The van der Waals surface area contributed by atoms with Gasteiger partial charge in [0.2, 0.25) is 0 Å². The number of nitrogens with zero attached hydrogens (tertiary/aromatic N) is 1. The molecule has 2 rings (SSSR count). The van der Waals surface area contributed by atoms with Crippen molar-refractivity contribution in [1.82, 2.24) is 4.90 Å². The summed E-state index contributed by atoms with van der Waals surface area (Å²) in [7, 11) is 0. The first kappa shape index (κ1) is 15.5. The number of hydrogen-bond acceptors (Lipinski definition) is 2. The summed E-state index contributed by atoms with van der Waals surface area (Å²) in [5, 5.41) is 0. The van der Waals surface area contributed by atoms with E-state index in [9.17, 15) is 0 Å². The number of rotatable bonds is 6. The van der Waals surface area contributed by atoms with Crippen LogP contribution in [0.5, 0.6) is 0 Å². The average molecular weight is 274 g/mol. The summed E-state index contributed by atoms with van der Waals surface area (Å²) in [4.78, 5) is 2.69. The number of benzene rings is 1. The first-order chi connectivity index (χ1) is 9.72. The van der Waals surface area contributed by atoms with E-state index in [4.69, 9.17) is 5.73 Å². The lowest BCUT2D eigenvalue weighted by atomic mass is 9.92. The van der Waals surface area contributed by atoms with Crippen LogP contribution in [0.2, 0.25) is 0 Å². The maximum Gasteiger partial charge on any atom is 0.0333 e. The Morgan fingerprint density at radius 3 is 2.70 bits per heavy atom. The Bertz CT molecular complexity index is 374. The Kier molecular flexibility index (Phi) is 6.06. The minimum Gasteiger partial charge on any atom is -0.324 e. The molecule has 1 aromatic carbocycles. The smallest absolute Gasteiger partial charge is 0.0333 e. The molecule has 0 radical (unpaired) electrons. The van der Waals surface area contributed by atoms with E-state index in [0.29, 0.717) is 5.92 Å². The normalized spacial score (nSPS) is 23.4. The van der Waals surface area contributed by atoms with Gasteiger partial charge in [0, 0.05) is 18.6 Å². The first-order valence-corrected chi connectivity index (χ1v) is 8.27. The molecule has 2 heteroatoms. The van der Waals surface area contributed by atoms with Crippen molar-refractivity contribution in [1.29, 1.82) is 0 Å². The Labute approximate surface area is 124 Å². The summed E-state index contributed by atoms with van der Waals surface area (Å²) < 4.78 is 0. The Hall–Kier alpha value is -0.860. The van der Waals surface area contributed by atoms with Gasteiger partial charge in [-0.3, -0.25) is 0 Å². The predicted octanol–water partition coefficient (Wildman–Crippen LogP) is 3.98. The average Bonchev–Trinajstić information content (AvgIpc) is 2.49. The van der Waals surface area contributed by atoms with Crippen molar-refractivity contribution in [3.05, 3.63) is 35.9 Å². The van der Waals surface area contributed by atoms with Gasteiger partial charge in [-0.1, -0.05) is 57.0 Å². The van der Waals surface area contributed by atoms with E-state index in [1.165, 1.54) is 44.2 Å². The second-order valence-corrected chi connectivity index (χ2v) is 6.35. The summed E-state index contributed by atoms with van der Waals surface area (Å²) in [6, 6.07) is 11.5. The highest BCUT2D eigenvalue weighted by Gasteiger charge is 2.25. The molecule has 2 N–H and O–H groups in total. The zero-order valence-electron chi connectivity index (χ0n) is 13.1. The second-order valence-electron chi connectivity index (χ2n) is 6.35. The molecule has 1 aliphatic heterocycles. The van der Waals surface area contributed by atoms with Gasteiger partial charge in [-0.05, 0) is 37.3 Å². The maximum absolute atomic E-state index is 6.45. The quantitative estimate of drug-likeness (QED) is 0.850. The minimum atomic E-state index is 0.153. The van der Waals surface area contributed by atoms with Gasteiger partial charge in [-0.25, -0.2) is 0 Å². The van der Waals surface area contributed by atoms with Gasteiger partial charge in [0.25, 0.3) is 0 Å². The zero-order valence-corrected chi connectivity index (χ0v) is 13.1. The first-order valence-electron chi connectivity index (χ1n) is 8.27. The van der Waals surface area contributed by atoms with E-state index in [0.717, 1.165) is 12.6 Å². The molecule has 20 heavy (non-hydrogen) atoms. The van der Waals surface area contributed by atoms with Crippen LogP contribution in [0, 0.1) is 5.92 Å². The highest BCUT2D eigenvalue weighted by atomic mass is 15.2. The maximum atomic E-state index is 6.45. The number of likely N-dealkylation sites (tertiary alicyclic amines) is 1. The summed E-state index contributed by atoms with van der Waals surface area (Å²) in [5.74, 6) is 0.509. The fraction of sp³-hybridized carbons (Fsp3) is 0.667. The molecule has 3 atom stereocenters. The molecule has 0 aromatic heterocycles. The molecule has 1 saturated heterocycles. The molecule has 3 unspecified atom stereocenters. The Morgan fingerprint density at radius 2 is 2.00 bits per heavy atom. The van der Waals surface area contributed by atoms with Crippen LogP contribution >= 0.6 is 0 Å². The predicted molar refractivity (Wildman–Crippen MR) is 86.7 cm³/mol. The van der Waals surface area contributed by atoms with Crippen LogP contribution in [0.4, 0.5) is 0 Å². The van der Waals surface area contributed by atoms with Crippen molar-refractivity contribution in [2.24, 2.45) is 11.7 Å². The molecule has 0 amide bonds. The van der Waals surface area contributed by atoms with Gasteiger partial charge in [0.05, 0.1) is 0 Å². The summed E-state index contributed by atoms with van der Waals surface area (Å²) in [6.07, 6.45) is 6.77. The SMILES string of the molecule is CCCC1CCCCN1CC(C)C(N)c1ccccc1. The molecular weight excluding hydrogens is 244 g/mol. The molecular formula is C18H30N2. The van der Waals surface area contributed by atoms with Gasteiger partial charge in [0.15, 0.2) is 0 Å². The van der Waals surface area contributed by atoms with Gasteiger partial charge in [-0.15, -0.1) is 0 Å². The van der Waals surface area contributed by atoms with Crippen LogP contribution in [0.3, 0.4) is 0 Å². The molecule has 1 fully saturated rings. The van der Waals surface area contributed by atoms with Gasteiger partial charge < -0.3 is 10.6 Å². The van der Waals surface area contributed by atoms with E-state index in [-0.39, 0.29) is 6.04 Å². The van der Waals surface area contributed by atoms with Gasteiger partial charge in [-0.2, -0.15) is 0 Å². The summed E-state index contributed by atoms with van der Waals surface area (Å²) in [6.45, 7) is 7.00. The lowest BCUT2D eigenvalue weighted by Crippen LogP contribution is -2.43. The Morgan fingerprint density at radius 1 is 1.25 bits per heavy atom. The van der Waals surface area contributed by atoms with Crippen LogP contribution in [-0.2, 0) is 0 Å². The minimum absolute atomic E-state index is 0.153. The van der Waals surface area contributed by atoms with Crippen molar-refractivity contribution < 1.29 is 0 Å². The standard InChI is InChI=1S/C18H30N2/c1-3-9-17-12-7-8-13-20(17)14-15(2)18(19)16-10-5-4-6-11-16/h4-6,10-11,15,17-18H,3,7-9,12-14,19H2,1-2H3. The Balaban J connectivity index is 1.93. The van der Waals surface area contributed by atoms with Crippen LogP contribution in [0.15, 0.2) is 30.3 Å². The van der Waals surface area contributed by atoms with Crippen molar-refractivity contribution in [3.63, 3.8) is 0 Å². The van der Waals surface area contributed by atoms with E-state index < -0.39 is 0 Å². The van der Waals surface area contributed by atoms with Crippen molar-refractivity contribution in [2.45, 2.75) is 58.0 Å². The second kappa shape index (κ2) is 7.80. The molecule has 0 aliphatic carbocycles. The fourth-order valence-electron chi connectivity index (χ4n) is 3.45. The zero-order chi connectivity index (χ0) is 14.4. The molecule has 0 bridgehead atoms. The molecule has 2 nitrogen and oxygen atoms in total. The number of piperidine rings is 1. The third-order valence-electron chi connectivity index (χ3n) is 4.69.